The van der Waals surface area contributed by atoms with E-state index in [1.54, 1.807) is 7.11 Å². The minimum Gasteiger partial charge on any atom is -0.497 e. The zero-order valence-electron chi connectivity index (χ0n) is 10.6. The van der Waals surface area contributed by atoms with Crippen LogP contribution in [0.15, 0.2) is 24.3 Å². The molecule has 0 aliphatic carbocycles. The Bertz CT molecular complexity index is 507. The first-order valence-electron chi connectivity index (χ1n) is 5.74. The van der Waals surface area contributed by atoms with Crippen molar-refractivity contribution in [3.05, 3.63) is 30.1 Å². The normalized spacial score (nSPS) is 12.7. The van der Waals surface area contributed by atoms with Crippen LogP contribution in [-0.4, -0.2) is 32.4 Å². The molecule has 0 aliphatic rings. The molecule has 1 N–H and O–H groups in total. The molecule has 6 nitrogen and oxygen atoms in total. The van der Waals surface area contributed by atoms with Gasteiger partial charge in [-0.15, -0.1) is 5.10 Å². The molecule has 1 aromatic heterocycles. The Hall–Kier alpha value is -1.95. The molecule has 0 saturated carbocycles. The minimum absolute atomic E-state index is 0.0491. The Balaban J connectivity index is 2.35. The van der Waals surface area contributed by atoms with Gasteiger partial charge in [-0.05, 0) is 40.6 Å². The lowest BCUT2D eigenvalue weighted by Gasteiger charge is -2.13. The van der Waals surface area contributed by atoms with E-state index in [4.69, 9.17) is 4.74 Å². The Labute approximate surface area is 105 Å². The molecule has 0 fully saturated rings. The predicted octanol–water partition coefficient (Wildman–Crippen LogP) is 1.36. The zero-order valence-corrected chi connectivity index (χ0v) is 10.6. The summed E-state index contributed by atoms with van der Waals surface area (Å²) in [5.41, 5.74) is 0.788. The van der Waals surface area contributed by atoms with Gasteiger partial charge in [0.05, 0.1) is 12.8 Å². The van der Waals surface area contributed by atoms with E-state index in [1.807, 2.05) is 38.1 Å². The topological polar surface area (TPSA) is 73.1 Å². The van der Waals surface area contributed by atoms with Crippen LogP contribution in [0.25, 0.3) is 5.69 Å². The van der Waals surface area contributed by atoms with E-state index in [9.17, 15) is 5.11 Å². The molecule has 2 rings (SSSR count). The maximum atomic E-state index is 10.0. The molecular formula is C12H16N4O2. The third-order valence-corrected chi connectivity index (χ3v) is 2.71. The van der Waals surface area contributed by atoms with Crippen LogP contribution in [0.3, 0.4) is 0 Å². The van der Waals surface area contributed by atoms with E-state index in [0.717, 1.165) is 11.4 Å². The SMILES string of the molecule is COc1ccc(-n2nnnc2[C@@H](O)C(C)C)cc1. The standard InChI is InChI=1S/C12H16N4O2/c1-8(2)11(17)12-13-14-15-16(12)9-4-6-10(18-3)7-5-9/h4-8,11,17H,1-3H3/t11-/m0/s1. The highest BCUT2D eigenvalue weighted by molar-refractivity contribution is 5.37. The Morgan fingerprint density at radius 3 is 2.44 bits per heavy atom. The van der Waals surface area contributed by atoms with Gasteiger partial charge < -0.3 is 9.84 Å². The lowest BCUT2D eigenvalue weighted by Crippen LogP contribution is -2.13. The highest BCUT2D eigenvalue weighted by Gasteiger charge is 2.20. The molecule has 6 heteroatoms. The molecule has 18 heavy (non-hydrogen) atoms. The number of nitrogens with zero attached hydrogens (tertiary/aromatic N) is 4. The summed E-state index contributed by atoms with van der Waals surface area (Å²) in [6, 6.07) is 7.32. The number of ether oxygens (including phenoxy) is 1. The first kappa shape index (κ1) is 12.5. The second-order valence-electron chi connectivity index (χ2n) is 4.34. The molecular weight excluding hydrogens is 232 g/mol. The van der Waals surface area contributed by atoms with Gasteiger partial charge in [-0.25, -0.2) is 0 Å². The Morgan fingerprint density at radius 1 is 1.22 bits per heavy atom. The van der Waals surface area contributed by atoms with Crippen LogP contribution in [0.5, 0.6) is 5.75 Å². The van der Waals surface area contributed by atoms with Gasteiger partial charge in [-0.2, -0.15) is 4.68 Å². The van der Waals surface area contributed by atoms with Gasteiger partial charge in [-0.3, -0.25) is 0 Å². The fourth-order valence-corrected chi connectivity index (χ4v) is 1.58. The molecule has 0 radical (unpaired) electrons. The van der Waals surface area contributed by atoms with E-state index < -0.39 is 6.10 Å². The predicted molar refractivity (Wildman–Crippen MR) is 65.5 cm³/mol. The van der Waals surface area contributed by atoms with Crippen molar-refractivity contribution >= 4 is 0 Å². The lowest BCUT2D eigenvalue weighted by molar-refractivity contribution is 0.115. The van der Waals surface area contributed by atoms with Crippen molar-refractivity contribution in [2.75, 3.05) is 7.11 Å². The average Bonchev–Trinajstić information content (AvgIpc) is 2.87. The molecule has 0 aliphatic heterocycles. The van der Waals surface area contributed by atoms with Crippen molar-refractivity contribution in [3.63, 3.8) is 0 Å². The number of hydrogen-bond donors (Lipinski definition) is 1. The maximum Gasteiger partial charge on any atom is 0.185 e. The van der Waals surface area contributed by atoms with Gasteiger partial charge in [0.15, 0.2) is 5.82 Å². The van der Waals surface area contributed by atoms with Gasteiger partial charge in [0.25, 0.3) is 0 Å². The number of methoxy groups -OCH3 is 1. The van der Waals surface area contributed by atoms with Gasteiger partial charge >= 0.3 is 0 Å². The van der Waals surface area contributed by atoms with Crippen molar-refractivity contribution in [1.29, 1.82) is 0 Å². The van der Waals surface area contributed by atoms with Crippen molar-refractivity contribution in [1.82, 2.24) is 20.2 Å². The fourth-order valence-electron chi connectivity index (χ4n) is 1.58. The Morgan fingerprint density at radius 2 is 1.89 bits per heavy atom. The summed E-state index contributed by atoms with van der Waals surface area (Å²) in [4.78, 5) is 0. The van der Waals surface area contributed by atoms with E-state index in [2.05, 4.69) is 15.5 Å². The third kappa shape index (κ3) is 2.33. The van der Waals surface area contributed by atoms with Gasteiger partial charge in [0, 0.05) is 0 Å². The highest BCUT2D eigenvalue weighted by atomic mass is 16.5. The summed E-state index contributed by atoms with van der Waals surface area (Å²) in [6.07, 6.45) is -0.692. The summed E-state index contributed by atoms with van der Waals surface area (Å²) < 4.78 is 6.62. The van der Waals surface area contributed by atoms with Crippen LogP contribution in [0.2, 0.25) is 0 Å². The van der Waals surface area contributed by atoms with Crippen LogP contribution in [-0.2, 0) is 0 Å². The molecule has 0 amide bonds. The summed E-state index contributed by atoms with van der Waals surface area (Å²) in [6.45, 7) is 3.83. The summed E-state index contributed by atoms with van der Waals surface area (Å²) in [5.74, 6) is 1.25. The van der Waals surface area contributed by atoms with E-state index in [1.165, 1.54) is 4.68 Å². The molecule has 0 spiro atoms. The highest BCUT2D eigenvalue weighted by Crippen LogP contribution is 2.22. The van der Waals surface area contributed by atoms with Crippen molar-refractivity contribution in [3.8, 4) is 11.4 Å². The fraction of sp³-hybridized carbons (Fsp3) is 0.417. The second-order valence-corrected chi connectivity index (χ2v) is 4.34. The van der Waals surface area contributed by atoms with Gasteiger partial charge in [-0.1, -0.05) is 13.8 Å². The number of hydrogen-bond acceptors (Lipinski definition) is 5. The van der Waals surface area contributed by atoms with Crippen LogP contribution in [0, 0.1) is 5.92 Å². The number of tetrazole rings is 1. The molecule has 1 atom stereocenters. The van der Waals surface area contributed by atoms with Crippen LogP contribution in [0.4, 0.5) is 0 Å². The van der Waals surface area contributed by atoms with E-state index >= 15 is 0 Å². The van der Waals surface area contributed by atoms with Crippen LogP contribution in [0.1, 0.15) is 25.8 Å². The molecule has 0 saturated heterocycles. The average molecular weight is 248 g/mol. The smallest absolute Gasteiger partial charge is 0.185 e. The summed E-state index contributed by atoms with van der Waals surface area (Å²) >= 11 is 0. The van der Waals surface area contributed by atoms with Crippen molar-refractivity contribution < 1.29 is 9.84 Å². The molecule has 2 aromatic rings. The molecule has 1 aromatic carbocycles. The second kappa shape index (κ2) is 5.14. The zero-order chi connectivity index (χ0) is 13.1. The van der Waals surface area contributed by atoms with Crippen LogP contribution >= 0.6 is 0 Å². The number of aliphatic hydroxyl groups excluding tert-OH is 1. The number of rotatable bonds is 4. The Kier molecular flexibility index (Phi) is 3.57. The molecule has 0 bridgehead atoms. The van der Waals surface area contributed by atoms with E-state index in [0.29, 0.717) is 5.82 Å². The molecule has 1 heterocycles. The maximum absolute atomic E-state index is 10.0. The third-order valence-electron chi connectivity index (χ3n) is 2.71. The quantitative estimate of drug-likeness (QED) is 0.884. The van der Waals surface area contributed by atoms with Crippen LogP contribution < -0.4 is 4.74 Å². The lowest BCUT2D eigenvalue weighted by atomic mass is 10.1. The summed E-state index contributed by atoms with van der Waals surface area (Å²) in [7, 11) is 1.61. The monoisotopic (exact) mass is 248 g/mol. The molecule has 96 valence electrons. The minimum atomic E-state index is -0.692. The van der Waals surface area contributed by atoms with E-state index in [-0.39, 0.29) is 5.92 Å². The summed E-state index contributed by atoms with van der Waals surface area (Å²) in [5, 5.41) is 21.4. The molecule has 0 unspecified atom stereocenters. The van der Waals surface area contributed by atoms with Gasteiger partial charge in [0.2, 0.25) is 0 Å². The first-order chi connectivity index (χ1) is 8.63. The number of aliphatic hydroxyl groups is 1. The largest absolute Gasteiger partial charge is 0.497 e. The van der Waals surface area contributed by atoms with Crippen molar-refractivity contribution in [2.45, 2.75) is 20.0 Å². The van der Waals surface area contributed by atoms with Crippen molar-refractivity contribution in [2.24, 2.45) is 5.92 Å². The first-order valence-corrected chi connectivity index (χ1v) is 5.74. The number of benzene rings is 1. The van der Waals surface area contributed by atoms with Gasteiger partial charge in [0.1, 0.15) is 11.9 Å². The number of aromatic nitrogens is 4.